The van der Waals surface area contributed by atoms with E-state index in [1.165, 1.54) is 57.9 Å². The molecule has 0 saturated heterocycles. The highest BCUT2D eigenvalue weighted by Gasteiger charge is 2.04. The standard InChI is InChI=1S/C14H30N/c1-4-7-9-10-12-15-13-14(6-3)11-8-5-2/h12,14-15H,4-11,13H2,1-3H3. The van der Waals surface area contributed by atoms with Crippen LogP contribution in [-0.4, -0.2) is 6.54 Å². The van der Waals surface area contributed by atoms with Gasteiger partial charge in [0, 0.05) is 6.54 Å². The zero-order chi connectivity index (χ0) is 11.4. The van der Waals surface area contributed by atoms with Gasteiger partial charge in [-0.25, -0.2) is 0 Å². The van der Waals surface area contributed by atoms with Crippen molar-refractivity contribution in [2.75, 3.05) is 6.54 Å². The van der Waals surface area contributed by atoms with Gasteiger partial charge in [0.15, 0.2) is 0 Å². The van der Waals surface area contributed by atoms with Gasteiger partial charge in [-0.15, -0.1) is 0 Å². The van der Waals surface area contributed by atoms with Gasteiger partial charge < -0.3 is 5.32 Å². The number of hydrogen-bond donors (Lipinski definition) is 1. The first-order valence-electron chi connectivity index (χ1n) is 6.90. The van der Waals surface area contributed by atoms with Crippen molar-refractivity contribution in [2.45, 2.75) is 72.1 Å². The van der Waals surface area contributed by atoms with Crippen LogP contribution in [0.1, 0.15) is 72.1 Å². The van der Waals surface area contributed by atoms with E-state index >= 15 is 0 Å². The molecule has 0 heterocycles. The Kier molecular flexibility index (Phi) is 12.0. The van der Waals surface area contributed by atoms with Crippen LogP contribution in [0.25, 0.3) is 0 Å². The van der Waals surface area contributed by atoms with Crippen molar-refractivity contribution in [1.82, 2.24) is 5.32 Å². The zero-order valence-corrected chi connectivity index (χ0v) is 11.0. The van der Waals surface area contributed by atoms with Gasteiger partial charge in [-0.2, -0.15) is 0 Å². The van der Waals surface area contributed by atoms with Crippen LogP contribution in [0.15, 0.2) is 0 Å². The van der Waals surface area contributed by atoms with Gasteiger partial charge in [0.2, 0.25) is 0 Å². The molecule has 0 aliphatic carbocycles. The first-order valence-corrected chi connectivity index (χ1v) is 6.90. The molecule has 0 amide bonds. The van der Waals surface area contributed by atoms with Crippen LogP contribution in [0.3, 0.4) is 0 Å². The van der Waals surface area contributed by atoms with Crippen molar-refractivity contribution in [3.63, 3.8) is 0 Å². The summed E-state index contributed by atoms with van der Waals surface area (Å²) in [7, 11) is 0. The minimum absolute atomic E-state index is 0.882. The maximum Gasteiger partial charge on any atom is 0.0221 e. The van der Waals surface area contributed by atoms with Gasteiger partial charge in [0.25, 0.3) is 0 Å². The van der Waals surface area contributed by atoms with Crippen LogP contribution in [-0.2, 0) is 0 Å². The van der Waals surface area contributed by atoms with Crippen molar-refractivity contribution in [1.29, 1.82) is 0 Å². The van der Waals surface area contributed by atoms with Crippen molar-refractivity contribution in [3.8, 4) is 0 Å². The van der Waals surface area contributed by atoms with Crippen LogP contribution in [0.2, 0.25) is 0 Å². The SMILES string of the molecule is CCCCC[CH]NCC(CC)CCCC. The fourth-order valence-corrected chi connectivity index (χ4v) is 1.79. The van der Waals surface area contributed by atoms with Gasteiger partial charge in [0.1, 0.15) is 0 Å². The monoisotopic (exact) mass is 212 g/mol. The Labute approximate surface area is 97.0 Å². The minimum atomic E-state index is 0.882. The van der Waals surface area contributed by atoms with E-state index in [0.717, 1.165) is 5.92 Å². The molecular formula is C14H30N. The molecule has 15 heavy (non-hydrogen) atoms. The second kappa shape index (κ2) is 12.0. The molecule has 0 aromatic rings. The lowest BCUT2D eigenvalue weighted by Gasteiger charge is -2.14. The summed E-state index contributed by atoms with van der Waals surface area (Å²) in [4.78, 5) is 0. The van der Waals surface area contributed by atoms with Crippen LogP contribution in [0.4, 0.5) is 0 Å². The maximum atomic E-state index is 3.48. The molecule has 1 radical (unpaired) electrons. The molecule has 0 saturated carbocycles. The maximum absolute atomic E-state index is 3.48. The van der Waals surface area contributed by atoms with Crippen molar-refractivity contribution in [2.24, 2.45) is 5.92 Å². The minimum Gasteiger partial charge on any atom is -0.312 e. The van der Waals surface area contributed by atoms with E-state index < -0.39 is 0 Å². The lowest BCUT2D eigenvalue weighted by Crippen LogP contribution is -2.20. The Morgan fingerprint density at radius 3 is 2.33 bits per heavy atom. The van der Waals surface area contributed by atoms with Gasteiger partial charge in [-0.1, -0.05) is 59.3 Å². The Bertz CT molecular complexity index is 112. The second-order valence-electron chi connectivity index (χ2n) is 4.52. The molecule has 0 spiro atoms. The van der Waals surface area contributed by atoms with Crippen molar-refractivity contribution in [3.05, 3.63) is 6.54 Å². The van der Waals surface area contributed by atoms with Crippen LogP contribution in [0, 0.1) is 12.5 Å². The Morgan fingerprint density at radius 1 is 1.00 bits per heavy atom. The summed E-state index contributed by atoms with van der Waals surface area (Å²) >= 11 is 0. The van der Waals surface area contributed by atoms with E-state index in [9.17, 15) is 0 Å². The van der Waals surface area contributed by atoms with E-state index in [4.69, 9.17) is 0 Å². The van der Waals surface area contributed by atoms with Gasteiger partial charge in [-0.3, -0.25) is 0 Å². The van der Waals surface area contributed by atoms with Crippen LogP contribution < -0.4 is 5.32 Å². The predicted octanol–water partition coefficient (Wildman–Crippen LogP) is 4.53. The normalized spacial score (nSPS) is 13.0. The van der Waals surface area contributed by atoms with E-state index in [0.29, 0.717) is 0 Å². The fourth-order valence-electron chi connectivity index (χ4n) is 1.79. The van der Waals surface area contributed by atoms with Crippen LogP contribution >= 0.6 is 0 Å². The summed E-state index contributed by atoms with van der Waals surface area (Å²) in [5.41, 5.74) is 0. The molecule has 0 rings (SSSR count). The van der Waals surface area contributed by atoms with E-state index in [2.05, 4.69) is 32.6 Å². The molecule has 1 nitrogen and oxygen atoms in total. The molecule has 91 valence electrons. The third-order valence-corrected chi connectivity index (χ3v) is 3.05. The molecule has 0 fully saturated rings. The van der Waals surface area contributed by atoms with E-state index in [1.54, 1.807) is 0 Å². The van der Waals surface area contributed by atoms with Crippen LogP contribution in [0.5, 0.6) is 0 Å². The lowest BCUT2D eigenvalue weighted by atomic mass is 9.99. The molecule has 0 aliphatic heterocycles. The fraction of sp³-hybridized carbons (Fsp3) is 0.929. The van der Waals surface area contributed by atoms with Gasteiger partial charge in [-0.05, 0) is 25.3 Å². The smallest absolute Gasteiger partial charge is 0.0221 e. The van der Waals surface area contributed by atoms with E-state index in [1.807, 2.05) is 0 Å². The van der Waals surface area contributed by atoms with E-state index in [-0.39, 0.29) is 0 Å². The molecule has 1 heteroatoms. The quantitative estimate of drug-likeness (QED) is 0.496. The Morgan fingerprint density at radius 2 is 1.73 bits per heavy atom. The van der Waals surface area contributed by atoms with Gasteiger partial charge in [0.05, 0.1) is 0 Å². The van der Waals surface area contributed by atoms with Crippen molar-refractivity contribution >= 4 is 0 Å². The summed E-state index contributed by atoms with van der Waals surface area (Å²) in [5, 5.41) is 3.48. The molecule has 0 bridgehead atoms. The summed E-state index contributed by atoms with van der Waals surface area (Å²) < 4.78 is 0. The number of hydrogen-bond acceptors (Lipinski definition) is 1. The Hall–Kier alpha value is -0.0400. The number of nitrogens with one attached hydrogen (secondary N) is 1. The highest BCUT2D eigenvalue weighted by Crippen LogP contribution is 2.11. The van der Waals surface area contributed by atoms with Crippen molar-refractivity contribution < 1.29 is 0 Å². The second-order valence-corrected chi connectivity index (χ2v) is 4.52. The molecule has 0 aromatic carbocycles. The topological polar surface area (TPSA) is 12.0 Å². The molecule has 1 N–H and O–H groups in total. The summed E-state index contributed by atoms with van der Waals surface area (Å²) in [6, 6.07) is 0. The summed E-state index contributed by atoms with van der Waals surface area (Å²) in [5.74, 6) is 0.882. The molecule has 0 aromatic heterocycles. The summed E-state index contributed by atoms with van der Waals surface area (Å²) in [6.45, 7) is 10.3. The molecule has 0 aliphatic rings. The lowest BCUT2D eigenvalue weighted by molar-refractivity contribution is 0.430. The average molecular weight is 212 g/mol. The first-order chi connectivity index (χ1) is 7.35. The Balaban J connectivity index is 3.22. The number of rotatable bonds is 11. The first kappa shape index (κ1) is 15.0. The highest BCUT2D eigenvalue weighted by molar-refractivity contribution is 4.67. The predicted molar refractivity (Wildman–Crippen MR) is 69.8 cm³/mol. The third kappa shape index (κ3) is 10.2. The number of unbranched alkanes of at least 4 members (excludes halogenated alkanes) is 4. The molecule has 1 atom stereocenters. The van der Waals surface area contributed by atoms with Gasteiger partial charge >= 0.3 is 0 Å². The largest absolute Gasteiger partial charge is 0.312 e. The summed E-state index contributed by atoms with van der Waals surface area (Å²) in [6.07, 6.45) is 10.7. The third-order valence-electron chi connectivity index (χ3n) is 3.05. The molecular weight excluding hydrogens is 182 g/mol. The molecule has 1 unspecified atom stereocenters. The average Bonchev–Trinajstić information content (AvgIpc) is 2.27. The zero-order valence-electron chi connectivity index (χ0n) is 11.0. The highest BCUT2D eigenvalue weighted by atomic mass is 14.8.